The van der Waals surface area contributed by atoms with Gasteiger partial charge < -0.3 is 15.3 Å². The molecule has 3 rings (SSSR count). The third-order valence-electron chi connectivity index (χ3n) is 3.14. The topological polar surface area (TPSA) is 77.8 Å². The number of carbonyl (C=O) groups is 1. The molecule has 2 aromatic carbocycles. The van der Waals surface area contributed by atoms with Gasteiger partial charge in [-0.25, -0.2) is 9.18 Å². The molecule has 1 heterocycles. The number of rotatable bonds is 2. The fraction of sp³-hybridized carbons (Fsp3) is 0.0667. The highest BCUT2D eigenvalue weighted by atomic mass is 19.1. The molecule has 3 N–H and O–H groups in total. The summed E-state index contributed by atoms with van der Waals surface area (Å²) in [5, 5.41) is 2.61. The number of nitrogens with one attached hydrogen (secondary N) is 3. The van der Waals surface area contributed by atoms with E-state index in [1.165, 1.54) is 12.1 Å². The van der Waals surface area contributed by atoms with E-state index in [1.54, 1.807) is 31.2 Å². The molecule has 21 heavy (non-hydrogen) atoms. The molecule has 3 aromatic rings. The lowest BCUT2D eigenvalue weighted by atomic mass is 10.1. The van der Waals surface area contributed by atoms with E-state index in [2.05, 4.69) is 15.3 Å². The molecule has 0 aliphatic heterocycles. The number of hydrogen-bond donors (Lipinski definition) is 3. The molecule has 106 valence electrons. The first-order chi connectivity index (χ1) is 10.0. The first-order valence-corrected chi connectivity index (χ1v) is 6.32. The second kappa shape index (κ2) is 4.90. The van der Waals surface area contributed by atoms with E-state index in [0.717, 1.165) is 5.56 Å². The quantitative estimate of drug-likeness (QED) is 0.676. The van der Waals surface area contributed by atoms with Gasteiger partial charge in [0.2, 0.25) is 0 Å². The number of benzene rings is 2. The summed E-state index contributed by atoms with van der Waals surface area (Å²) >= 11 is 0. The summed E-state index contributed by atoms with van der Waals surface area (Å²) in [6, 6.07) is 9.32. The molecular formula is C15H12FN3O2. The highest BCUT2D eigenvalue weighted by Crippen LogP contribution is 2.17. The van der Waals surface area contributed by atoms with Gasteiger partial charge in [-0.15, -0.1) is 0 Å². The van der Waals surface area contributed by atoms with Crippen LogP contribution in [-0.2, 0) is 0 Å². The van der Waals surface area contributed by atoms with Crippen LogP contribution in [0.4, 0.5) is 10.1 Å². The van der Waals surface area contributed by atoms with Crippen LogP contribution in [0.15, 0.2) is 41.2 Å². The number of imidazole rings is 1. The van der Waals surface area contributed by atoms with Crippen LogP contribution in [0.5, 0.6) is 0 Å². The van der Waals surface area contributed by atoms with Crippen LogP contribution in [0.1, 0.15) is 15.9 Å². The molecule has 0 unspecified atom stereocenters. The monoisotopic (exact) mass is 285 g/mol. The second-order valence-corrected chi connectivity index (χ2v) is 4.78. The maximum Gasteiger partial charge on any atom is 0.323 e. The van der Waals surface area contributed by atoms with Crippen LogP contribution in [0.3, 0.4) is 0 Å². The molecule has 0 bridgehead atoms. The number of H-pyrrole nitrogens is 2. The van der Waals surface area contributed by atoms with Gasteiger partial charge in [-0.2, -0.15) is 0 Å². The van der Waals surface area contributed by atoms with Crippen LogP contribution < -0.4 is 11.0 Å². The first kappa shape index (κ1) is 13.1. The maximum absolute atomic E-state index is 13.7. The van der Waals surface area contributed by atoms with Crippen molar-refractivity contribution in [3.05, 3.63) is 63.8 Å². The van der Waals surface area contributed by atoms with Crippen LogP contribution >= 0.6 is 0 Å². The van der Waals surface area contributed by atoms with E-state index < -0.39 is 11.7 Å². The minimum absolute atomic E-state index is 0.0248. The molecule has 6 heteroatoms. The zero-order valence-electron chi connectivity index (χ0n) is 11.2. The van der Waals surface area contributed by atoms with Crippen LogP contribution in [0.2, 0.25) is 0 Å². The Labute approximate surface area is 118 Å². The molecule has 0 aliphatic rings. The average molecular weight is 285 g/mol. The van der Waals surface area contributed by atoms with E-state index >= 15 is 0 Å². The number of aromatic amines is 2. The summed E-state index contributed by atoms with van der Waals surface area (Å²) < 4.78 is 13.7. The minimum atomic E-state index is -0.566. The molecule has 0 fully saturated rings. The van der Waals surface area contributed by atoms with E-state index in [4.69, 9.17) is 0 Å². The summed E-state index contributed by atoms with van der Waals surface area (Å²) in [5.41, 5.74) is 2.08. The van der Waals surface area contributed by atoms with Gasteiger partial charge >= 0.3 is 5.69 Å². The van der Waals surface area contributed by atoms with Gasteiger partial charge in [0.05, 0.1) is 16.6 Å². The van der Waals surface area contributed by atoms with E-state index in [0.29, 0.717) is 16.7 Å². The number of fused-ring (bicyclic) bond motifs is 1. The molecule has 0 saturated carbocycles. The van der Waals surface area contributed by atoms with E-state index in [9.17, 15) is 14.0 Å². The SMILES string of the molecule is Cc1ccc(C(=O)Nc2ccc3[nH]c(=O)[nH]c3c2)c(F)c1. The van der Waals surface area contributed by atoms with Crippen LogP contribution in [0.25, 0.3) is 11.0 Å². The van der Waals surface area contributed by atoms with Gasteiger partial charge in [0.15, 0.2) is 0 Å². The molecule has 0 radical (unpaired) electrons. The van der Waals surface area contributed by atoms with Crippen molar-refractivity contribution < 1.29 is 9.18 Å². The summed E-state index contributed by atoms with van der Waals surface area (Å²) in [5.74, 6) is -1.10. The molecule has 0 atom stereocenters. The van der Waals surface area contributed by atoms with Crippen molar-refractivity contribution in [3.63, 3.8) is 0 Å². The van der Waals surface area contributed by atoms with E-state index in [1.807, 2.05) is 0 Å². The molecule has 0 aliphatic carbocycles. The van der Waals surface area contributed by atoms with Crippen molar-refractivity contribution >= 4 is 22.6 Å². The zero-order valence-corrected chi connectivity index (χ0v) is 11.2. The van der Waals surface area contributed by atoms with Crippen molar-refractivity contribution in [2.45, 2.75) is 6.92 Å². The van der Waals surface area contributed by atoms with Gasteiger partial charge in [0.1, 0.15) is 5.82 Å². The maximum atomic E-state index is 13.7. The predicted octanol–water partition coefficient (Wildman–Crippen LogP) is 2.56. The van der Waals surface area contributed by atoms with Crippen molar-refractivity contribution in [2.75, 3.05) is 5.32 Å². The number of halogens is 1. The summed E-state index contributed by atoms with van der Waals surface area (Å²) in [7, 11) is 0. The van der Waals surface area contributed by atoms with Crippen molar-refractivity contribution in [2.24, 2.45) is 0 Å². The van der Waals surface area contributed by atoms with Crippen molar-refractivity contribution in [1.29, 1.82) is 0 Å². The molecule has 1 amide bonds. The van der Waals surface area contributed by atoms with Gasteiger partial charge in [0.25, 0.3) is 5.91 Å². The highest BCUT2D eigenvalue weighted by Gasteiger charge is 2.12. The summed E-state index contributed by atoms with van der Waals surface area (Å²) in [6.07, 6.45) is 0. The molecule has 0 saturated heterocycles. The second-order valence-electron chi connectivity index (χ2n) is 4.78. The van der Waals surface area contributed by atoms with Crippen LogP contribution in [-0.4, -0.2) is 15.9 Å². The third kappa shape index (κ3) is 2.55. The van der Waals surface area contributed by atoms with Crippen LogP contribution in [0, 0.1) is 12.7 Å². The Bertz CT molecular complexity index is 895. The Morgan fingerprint density at radius 1 is 1.10 bits per heavy atom. The lowest BCUT2D eigenvalue weighted by Gasteiger charge is -2.06. The van der Waals surface area contributed by atoms with E-state index in [-0.39, 0.29) is 11.3 Å². The highest BCUT2D eigenvalue weighted by molar-refractivity contribution is 6.05. The van der Waals surface area contributed by atoms with Gasteiger partial charge in [-0.3, -0.25) is 4.79 Å². The number of amides is 1. The largest absolute Gasteiger partial charge is 0.323 e. The number of hydrogen-bond acceptors (Lipinski definition) is 2. The Kier molecular flexibility index (Phi) is 3.06. The van der Waals surface area contributed by atoms with Gasteiger partial charge in [-0.1, -0.05) is 6.07 Å². The molecule has 0 spiro atoms. The summed E-state index contributed by atoms with van der Waals surface area (Å²) in [6.45, 7) is 1.75. The molecular weight excluding hydrogens is 273 g/mol. The molecule has 1 aromatic heterocycles. The first-order valence-electron chi connectivity index (χ1n) is 6.32. The number of aromatic nitrogens is 2. The Hall–Kier alpha value is -2.89. The van der Waals surface area contributed by atoms with Crippen molar-refractivity contribution in [1.82, 2.24) is 9.97 Å². The number of aryl methyl sites for hydroxylation is 1. The molecule has 5 nitrogen and oxygen atoms in total. The Balaban J connectivity index is 1.90. The Morgan fingerprint density at radius 2 is 1.86 bits per heavy atom. The lowest BCUT2D eigenvalue weighted by molar-refractivity contribution is 0.102. The van der Waals surface area contributed by atoms with Gasteiger partial charge in [0, 0.05) is 5.69 Å². The minimum Gasteiger partial charge on any atom is -0.322 e. The number of carbonyl (C=O) groups excluding carboxylic acids is 1. The predicted molar refractivity (Wildman–Crippen MR) is 78.0 cm³/mol. The average Bonchev–Trinajstić information content (AvgIpc) is 2.77. The Morgan fingerprint density at radius 3 is 2.62 bits per heavy atom. The van der Waals surface area contributed by atoms with Crippen molar-refractivity contribution in [3.8, 4) is 0 Å². The fourth-order valence-electron chi connectivity index (χ4n) is 2.11. The zero-order chi connectivity index (χ0) is 15.0. The standard InChI is InChI=1S/C15H12FN3O2/c1-8-2-4-10(11(16)6-8)14(20)17-9-3-5-12-13(7-9)19-15(21)18-12/h2-7H,1H3,(H,17,20)(H2,18,19,21). The number of anilines is 1. The fourth-order valence-corrected chi connectivity index (χ4v) is 2.11. The smallest absolute Gasteiger partial charge is 0.322 e. The third-order valence-corrected chi connectivity index (χ3v) is 3.14. The summed E-state index contributed by atoms with van der Waals surface area (Å²) in [4.78, 5) is 28.4. The normalized spacial score (nSPS) is 10.8. The lowest BCUT2D eigenvalue weighted by Crippen LogP contribution is -2.13. The van der Waals surface area contributed by atoms with Gasteiger partial charge in [-0.05, 0) is 42.8 Å².